The van der Waals surface area contributed by atoms with E-state index in [9.17, 15) is 9.59 Å². The molecule has 1 atom stereocenters. The van der Waals surface area contributed by atoms with Crippen molar-refractivity contribution < 1.29 is 14.3 Å². The van der Waals surface area contributed by atoms with E-state index in [0.29, 0.717) is 29.4 Å². The van der Waals surface area contributed by atoms with Gasteiger partial charge >= 0.3 is 0 Å². The highest BCUT2D eigenvalue weighted by Crippen LogP contribution is 2.26. The molecule has 1 unspecified atom stereocenters. The van der Waals surface area contributed by atoms with Crippen molar-refractivity contribution in [2.45, 2.75) is 45.3 Å². The van der Waals surface area contributed by atoms with Crippen molar-refractivity contribution in [2.75, 3.05) is 29.0 Å². The summed E-state index contributed by atoms with van der Waals surface area (Å²) in [7, 11) is 0. The third-order valence-corrected chi connectivity index (χ3v) is 6.87. The smallest absolute Gasteiger partial charge is 0.255 e. The van der Waals surface area contributed by atoms with Crippen molar-refractivity contribution in [2.24, 2.45) is 0 Å². The van der Waals surface area contributed by atoms with E-state index in [-0.39, 0.29) is 23.8 Å². The van der Waals surface area contributed by atoms with Crippen LogP contribution in [0.1, 0.15) is 54.1 Å². The summed E-state index contributed by atoms with van der Waals surface area (Å²) < 4.78 is 8.08. The third-order valence-electron chi connectivity index (χ3n) is 6.87. The zero-order valence-electron chi connectivity index (χ0n) is 23.3. The summed E-state index contributed by atoms with van der Waals surface area (Å²) in [5.41, 5.74) is 4.40. The van der Waals surface area contributed by atoms with Crippen LogP contribution in [-0.2, 0) is 11.3 Å². The zero-order valence-corrected chi connectivity index (χ0v) is 23.3. The molecule has 5 rings (SSSR count). The number of fused-ring (bicyclic) bond motifs is 1. The van der Waals surface area contributed by atoms with Gasteiger partial charge in [0.15, 0.2) is 5.65 Å². The average Bonchev–Trinajstić information content (AvgIpc) is 3.41. The molecule has 4 N–H and O–H groups in total. The molecular weight excluding hydrogens is 518 g/mol. The monoisotopic (exact) mass is 553 g/mol. The van der Waals surface area contributed by atoms with Crippen LogP contribution >= 0.6 is 0 Å². The molecule has 1 aliphatic rings. The summed E-state index contributed by atoms with van der Waals surface area (Å²) in [5.74, 6) is 0.989. The van der Waals surface area contributed by atoms with Gasteiger partial charge in [-0.3, -0.25) is 9.59 Å². The molecule has 2 amide bonds. The second-order valence-electron chi connectivity index (χ2n) is 10.3. The Hall–Kier alpha value is -4.70. The quantitative estimate of drug-likeness (QED) is 0.205. The highest BCUT2D eigenvalue weighted by atomic mass is 16.5. The Bertz CT molecular complexity index is 1560. The van der Waals surface area contributed by atoms with Gasteiger partial charge in [0.05, 0.1) is 6.20 Å². The maximum Gasteiger partial charge on any atom is 0.255 e. The number of nitrogens with zero attached hydrogens (tertiary/aromatic N) is 3. The molecule has 41 heavy (non-hydrogen) atoms. The lowest BCUT2D eigenvalue weighted by Gasteiger charge is -2.23. The Balaban J connectivity index is 1.31. The molecule has 0 aliphatic carbocycles. The molecule has 2 aromatic carbocycles. The molecule has 0 bridgehead atoms. The summed E-state index contributed by atoms with van der Waals surface area (Å²) >= 11 is 0. The minimum atomic E-state index is -0.338. The summed E-state index contributed by atoms with van der Waals surface area (Å²) in [4.78, 5) is 29.3. The summed E-state index contributed by atoms with van der Waals surface area (Å²) in [5, 5.41) is 17.1. The minimum absolute atomic E-state index is 0.0798. The Morgan fingerprint density at radius 1 is 1.15 bits per heavy atom. The standard InChI is InChI=1S/C31H35N7O3/c1-4-28(39)35-24-11-6-9-22(15-24)31(40)36-23-10-5-8-21(14-23)17-33-27-16-29(41-25-12-7-13-32-18-25)37-30-26(20(2)3)19-34-38(27)30/h4-6,8-11,14-16,19-20,25,32-33H,1,7,12-13,17-18H2,2-3H3,(H,35,39)(H,36,40). The van der Waals surface area contributed by atoms with E-state index >= 15 is 0 Å². The number of amides is 2. The molecule has 1 fully saturated rings. The van der Waals surface area contributed by atoms with Crippen LogP contribution in [0.3, 0.4) is 0 Å². The minimum Gasteiger partial charge on any atom is -0.473 e. The van der Waals surface area contributed by atoms with Gasteiger partial charge in [-0.15, -0.1) is 0 Å². The van der Waals surface area contributed by atoms with Crippen molar-refractivity contribution >= 4 is 34.7 Å². The first-order valence-electron chi connectivity index (χ1n) is 13.8. The maximum atomic E-state index is 12.9. The number of hydrogen-bond donors (Lipinski definition) is 4. The van der Waals surface area contributed by atoms with Gasteiger partial charge in [-0.05, 0) is 67.3 Å². The van der Waals surface area contributed by atoms with Gasteiger partial charge in [-0.1, -0.05) is 38.6 Å². The first kappa shape index (κ1) is 27.9. The summed E-state index contributed by atoms with van der Waals surface area (Å²) in [6.07, 6.45) is 5.19. The van der Waals surface area contributed by atoms with Gasteiger partial charge in [-0.2, -0.15) is 14.6 Å². The van der Waals surface area contributed by atoms with Gasteiger partial charge in [0, 0.05) is 41.7 Å². The van der Waals surface area contributed by atoms with Crippen LogP contribution in [0.25, 0.3) is 5.65 Å². The van der Waals surface area contributed by atoms with Crippen LogP contribution in [0.2, 0.25) is 0 Å². The van der Waals surface area contributed by atoms with E-state index in [1.165, 1.54) is 6.08 Å². The summed E-state index contributed by atoms with van der Waals surface area (Å²) in [6.45, 7) is 10.0. The van der Waals surface area contributed by atoms with E-state index < -0.39 is 0 Å². The van der Waals surface area contributed by atoms with Crippen molar-refractivity contribution in [3.8, 4) is 5.88 Å². The molecule has 2 aromatic heterocycles. The third kappa shape index (κ3) is 6.90. The number of benzene rings is 2. The first-order valence-corrected chi connectivity index (χ1v) is 13.8. The van der Waals surface area contributed by atoms with Gasteiger partial charge in [-0.25, -0.2) is 0 Å². The molecular formula is C31H35N7O3. The number of nitrogens with one attached hydrogen (secondary N) is 4. The number of anilines is 3. The molecule has 10 heteroatoms. The number of rotatable bonds is 10. The predicted octanol–water partition coefficient (Wildman–Crippen LogP) is 4.97. The van der Waals surface area contributed by atoms with Crippen molar-refractivity contribution in [1.82, 2.24) is 19.9 Å². The highest BCUT2D eigenvalue weighted by molar-refractivity contribution is 6.06. The van der Waals surface area contributed by atoms with E-state index in [0.717, 1.165) is 48.5 Å². The van der Waals surface area contributed by atoms with Crippen molar-refractivity contribution in [3.05, 3.63) is 90.1 Å². The lowest BCUT2D eigenvalue weighted by molar-refractivity contribution is -0.111. The first-order chi connectivity index (χ1) is 19.9. The van der Waals surface area contributed by atoms with Gasteiger partial charge in [0.25, 0.3) is 5.91 Å². The van der Waals surface area contributed by atoms with Crippen LogP contribution < -0.4 is 26.0 Å². The van der Waals surface area contributed by atoms with Gasteiger partial charge in [0.2, 0.25) is 11.8 Å². The number of aromatic nitrogens is 3. The van der Waals surface area contributed by atoms with Gasteiger partial charge in [0.1, 0.15) is 11.9 Å². The topological polar surface area (TPSA) is 122 Å². The van der Waals surface area contributed by atoms with E-state index in [1.807, 2.05) is 41.0 Å². The van der Waals surface area contributed by atoms with Crippen LogP contribution in [0.5, 0.6) is 5.88 Å². The second-order valence-corrected chi connectivity index (χ2v) is 10.3. The number of ether oxygens (including phenoxy) is 1. The molecule has 3 heterocycles. The number of piperidine rings is 1. The van der Waals surface area contributed by atoms with Crippen LogP contribution in [-0.4, -0.2) is 45.6 Å². The largest absolute Gasteiger partial charge is 0.473 e. The van der Waals surface area contributed by atoms with Gasteiger partial charge < -0.3 is 26.0 Å². The molecule has 0 saturated carbocycles. The van der Waals surface area contributed by atoms with E-state index in [4.69, 9.17) is 9.72 Å². The Morgan fingerprint density at radius 3 is 2.71 bits per heavy atom. The molecule has 10 nitrogen and oxygen atoms in total. The van der Waals surface area contributed by atoms with Crippen molar-refractivity contribution in [3.63, 3.8) is 0 Å². The fourth-order valence-corrected chi connectivity index (χ4v) is 4.73. The normalized spacial score (nSPS) is 15.0. The SMILES string of the molecule is C=CC(=O)Nc1cccc(C(=O)Nc2cccc(CNc3cc(OC4CCCNC4)nc4c(C(C)C)cnn34)c2)c1. The molecule has 0 spiro atoms. The lowest BCUT2D eigenvalue weighted by Crippen LogP contribution is -2.37. The average molecular weight is 554 g/mol. The Kier molecular flexibility index (Phi) is 8.59. The second kappa shape index (κ2) is 12.6. The lowest BCUT2D eigenvalue weighted by atomic mass is 10.1. The highest BCUT2D eigenvalue weighted by Gasteiger charge is 2.19. The Morgan fingerprint density at radius 2 is 1.95 bits per heavy atom. The fourth-order valence-electron chi connectivity index (χ4n) is 4.73. The van der Waals surface area contributed by atoms with E-state index in [1.54, 1.807) is 24.3 Å². The molecule has 1 saturated heterocycles. The molecule has 4 aromatic rings. The van der Waals surface area contributed by atoms with Crippen LogP contribution in [0, 0.1) is 0 Å². The Labute approximate surface area is 239 Å². The molecule has 0 radical (unpaired) electrons. The van der Waals surface area contributed by atoms with Crippen LogP contribution in [0.4, 0.5) is 17.2 Å². The maximum absolute atomic E-state index is 12.9. The number of carbonyl (C=O) groups excluding carboxylic acids is 2. The van der Waals surface area contributed by atoms with E-state index in [2.05, 4.69) is 46.8 Å². The predicted molar refractivity (Wildman–Crippen MR) is 161 cm³/mol. The fraction of sp³-hybridized carbons (Fsp3) is 0.290. The molecule has 1 aliphatic heterocycles. The number of hydrogen-bond acceptors (Lipinski definition) is 7. The zero-order chi connectivity index (χ0) is 28.8. The van der Waals surface area contributed by atoms with Crippen molar-refractivity contribution in [1.29, 1.82) is 0 Å². The molecule has 212 valence electrons. The van der Waals surface area contributed by atoms with Crippen LogP contribution in [0.15, 0.2) is 73.4 Å². The summed E-state index contributed by atoms with van der Waals surface area (Å²) in [6, 6.07) is 16.3. The number of carbonyl (C=O) groups is 2.